The van der Waals surface area contributed by atoms with Crippen molar-refractivity contribution in [3.05, 3.63) is 53.8 Å². The lowest BCUT2D eigenvalue weighted by Gasteiger charge is -2.09. The molecule has 0 aliphatic carbocycles. The number of benzene rings is 2. The van der Waals surface area contributed by atoms with Crippen molar-refractivity contribution in [2.45, 2.75) is 13.5 Å². The standard InChI is InChI=1S/C18H15FN2O/c1-3-21-17-10-12(22-2)8-9-13(17)15(11-20)18(21)14-6-4-5-7-16(14)19/h4-10H,3H2,1-2H3. The molecule has 0 amide bonds. The van der Waals surface area contributed by atoms with Crippen LogP contribution in [0.5, 0.6) is 5.75 Å². The molecule has 0 aliphatic rings. The van der Waals surface area contributed by atoms with Gasteiger partial charge in [-0.2, -0.15) is 5.26 Å². The number of hydrogen-bond donors (Lipinski definition) is 0. The van der Waals surface area contributed by atoms with Crippen LogP contribution in [0.1, 0.15) is 12.5 Å². The average molecular weight is 294 g/mol. The Hall–Kier alpha value is -2.80. The first-order chi connectivity index (χ1) is 10.7. The number of halogens is 1. The van der Waals surface area contributed by atoms with E-state index in [2.05, 4.69) is 6.07 Å². The molecule has 0 spiro atoms. The molecule has 0 saturated carbocycles. The Kier molecular flexibility index (Phi) is 3.56. The van der Waals surface area contributed by atoms with Crippen LogP contribution >= 0.6 is 0 Å². The van der Waals surface area contributed by atoms with Crippen molar-refractivity contribution in [1.29, 1.82) is 5.26 Å². The van der Waals surface area contributed by atoms with Crippen molar-refractivity contribution in [2.75, 3.05) is 7.11 Å². The van der Waals surface area contributed by atoms with Gasteiger partial charge in [-0.25, -0.2) is 4.39 Å². The lowest BCUT2D eigenvalue weighted by atomic mass is 10.1. The minimum atomic E-state index is -0.330. The van der Waals surface area contributed by atoms with Crippen LogP contribution in [0.15, 0.2) is 42.5 Å². The van der Waals surface area contributed by atoms with Crippen LogP contribution in [-0.4, -0.2) is 11.7 Å². The topological polar surface area (TPSA) is 38.0 Å². The molecule has 1 aromatic heterocycles. The van der Waals surface area contributed by atoms with Gasteiger partial charge in [0.2, 0.25) is 0 Å². The largest absolute Gasteiger partial charge is 0.497 e. The van der Waals surface area contributed by atoms with Gasteiger partial charge in [0.05, 0.1) is 23.9 Å². The number of fused-ring (bicyclic) bond motifs is 1. The van der Waals surface area contributed by atoms with Crippen LogP contribution in [0.4, 0.5) is 4.39 Å². The highest BCUT2D eigenvalue weighted by Crippen LogP contribution is 2.36. The maximum absolute atomic E-state index is 14.2. The van der Waals surface area contributed by atoms with Gasteiger partial charge in [0.15, 0.2) is 0 Å². The zero-order valence-electron chi connectivity index (χ0n) is 12.4. The summed E-state index contributed by atoms with van der Waals surface area (Å²) in [5, 5.41) is 10.4. The second-order valence-corrected chi connectivity index (χ2v) is 4.94. The Balaban J connectivity index is 2.44. The molecule has 0 unspecified atom stereocenters. The lowest BCUT2D eigenvalue weighted by Crippen LogP contribution is -1.99. The van der Waals surface area contributed by atoms with E-state index in [4.69, 9.17) is 4.74 Å². The Morgan fingerprint density at radius 3 is 2.64 bits per heavy atom. The van der Waals surface area contributed by atoms with Crippen LogP contribution in [0.25, 0.3) is 22.2 Å². The molecule has 0 N–H and O–H groups in total. The molecule has 0 radical (unpaired) electrons. The van der Waals surface area contributed by atoms with Crippen molar-refractivity contribution < 1.29 is 9.13 Å². The molecule has 3 nitrogen and oxygen atoms in total. The molecule has 110 valence electrons. The smallest absolute Gasteiger partial charge is 0.132 e. The second-order valence-electron chi connectivity index (χ2n) is 4.94. The van der Waals surface area contributed by atoms with Gasteiger partial charge in [-0.15, -0.1) is 0 Å². The molecule has 0 atom stereocenters. The number of aromatic nitrogens is 1. The van der Waals surface area contributed by atoms with Gasteiger partial charge in [0, 0.05) is 23.6 Å². The number of nitriles is 1. The van der Waals surface area contributed by atoms with E-state index in [0.717, 1.165) is 10.9 Å². The fraction of sp³-hybridized carbons (Fsp3) is 0.167. The summed E-state index contributed by atoms with van der Waals surface area (Å²) >= 11 is 0. The van der Waals surface area contributed by atoms with E-state index in [1.807, 2.05) is 29.7 Å². The number of aryl methyl sites for hydroxylation is 1. The molecule has 1 heterocycles. The summed E-state index contributed by atoms with van der Waals surface area (Å²) in [4.78, 5) is 0. The first kappa shape index (κ1) is 14.2. The molecular weight excluding hydrogens is 279 g/mol. The van der Waals surface area contributed by atoms with E-state index in [0.29, 0.717) is 29.1 Å². The minimum absolute atomic E-state index is 0.330. The van der Waals surface area contributed by atoms with E-state index in [9.17, 15) is 9.65 Å². The van der Waals surface area contributed by atoms with Gasteiger partial charge >= 0.3 is 0 Å². The maximum Gasteiger partial charge on any atom is 0.132 e. The van der Waals surface area contributed by atoms with E-state index in [-0.39, 0.29) is 5.82 Å². The normalized spacial score (nSPS) is 10.6. The predicted octanol–water partition coefficient (Wildman–Crippen LogP) is 4.35. The molecule has 3 rings (SSSR count). The Morgan fingerprint density at radius 2 is 2.00 bits per heavy atom. The summed E-state index contributed by atoms with van der Waals surface area (Å²) in [6, 6.07) is 14.3. The monoisotopic (exact) mass is 294 g/mol. The Morgan fingerprint density at radius 1 is 1.23 bits per heavy atom. The highest BCUT2D eigenvalue weighted by atomic mass is 19.1. The number of nitrogens with zero attached hydrogens (tertiary/aromatic N) is 2. The molecule has 2 aromatic carbocycles. The summed E-state index contributed by atoms with van der Waals surface area (Å²) in [5.41, 5.74) is 2.42. The first-order valence-corrected chi connectivity index (χ1v) is 7.06. The molecule has 0 bridgehead atoms. The molecule has 3 aromatic rings. The van der Waals surface area contributed by atoms with Crippen molar-refractivity contribution in [3.8, 4) is 23.1 Å². The van der Waals surface area contributed by atoms with Crippen molar-refractivity contribution in [1.82, 2.24) is 4.57 Å². The summed E-state index contributed by atoms with van der Waals surface area (Å²) in [6.45, 7) is 2.61. The lowest BCUT2D eigenvalue weighted by molar-refractivity contribution is 0.415. The highest BCUT2D eigenvalue weighted by Gasteiger charge is 2.20. The van der Waals surface area contributed by atoms with Crippen LogP contribution in [0.2, 0.25) is 0 Å². The molecular formula is C18H15FN2O. The van der Waals surface area contributed by atoms with E-state index in [1.54, 1.807) is 25.3 Å². The zero-order chi connectivity index (χ0) is 15.7. The number of methoxy groups -OCH3 is 1. The van der Waals surface area contributed by atoms with Crippen LogP contribution in [0.3, 0.4) is 0 Å². The second kappa shape index (κ2) is 5.53. The van der Waals surface area contributed by atoms with Crippen LogP contribution < -0.4 is 4.74 Å². The van der Waals surface area contributed by atoms with Gasteiger partial charge in [0.25, 0.3) is 0 Å². The van der Waals surface area contributed by atoms with Crippen LogP contribution in [-0.2, 0) is 6.54 Å². The van der Waals surface area contributed by atoms with Crippen LogP contribution in [0, 0.1) is 17.1 Å². The van der Waals surface area contributed by atoms with Gasteiger partial charge in [0.1, 0.15) is 17.6 Å². The summed E-state index contributed by atoms with van der Waals surface area (Å²) in [5.74, 6) is 0.382. The fourth-order valence-electron chi connectivity index (χ4n) is 2.83. The van der Waals surface area contributed by atoms with Crippen molar-refractivity contribution in [3.63, 3.8) is 0 Å². The average Bonchev–Trinajstić information content (AvgIpc) is 2.87. The number of rotatable bonds is 3. The molecule has 0 saturated heterocycles. The zero-order valence-corrected chi connectivity index (χ0v) is 12.4. The van der Waals surface area contributed by atoms with E-state index >= 15 is 0 Å². The molecule has 22 heavy (non-hydrogen) atoms. The van der Waals surface area contributed by atoms with E-state index < -0.39 is 0 Å². The maximum atomic E-state index is 14.2. The molecule has 0 fully saturated rings. The first-order valence-electron chi connectivity index (χ1n) is 7.06. The third-order valence-corrected chi connectivity index (χ3v) is 3.83. The van der Waals surface area contributed by atoms with E-state index in [1.165, 1.54) is 6.07 Å². The Labute approximate surface area is 128 Å². The highest BCUT2D eigenvalue weighted by molar-refractivity contribution is 5.95. The summed E-state index contributed by atoms with van der Waals surface area (Å²) in [6.07, 6.45) is 0. The number of hydrogen-bond acceptors (Lipinski definition) is 2. The fourth-order valence-corrected chi connectivity index (χ4v) is 2.83. The van der Waals surface area contributed by atoms with Crippen molar-refractivity contribution >= 4 is 10.9 Å². The Bertz CT molecular complexity index is 890. The predicted molar refractivity (Wildman–Crippen MR) is 84.3 cm³/mol. The van der Waals surface area contributed by atoms with Gasteiger partial charge in [-0.05, 0) is 31.2 Å². The van der Waals surface area contributed by atoms with Gasteiger partial charge in [-0.1, -0.05) is 12.1 Å². The quantitative estimate of drug-likeness (QED) is 0.720. The summed E-state index contributed by atoms with van der Waals surface area (Å²) in [7, 11) is 1.60. The molecule has 0 aliphatic heterocycles. The summed E-state index contributed by atoms with van der Waals surface area (Å²) < 4.78 is 21.5. The third-order valence-electron chi connectivity index (χ3n) is 3.83. The minimum Gasteiger partial charge on any atom is -0.497 e. The SMILES string of the molecule is CCn1c(-c2ccccc2F)c(C#N)c2ccc(OC)cc21. The van der Waals surface area contributed by atoms with Gasteiger partial charge in [-0.3, -0.25) is 0 Å². The molecule has 4 heteroatoms. The number of ether oxygens (including phenoxy) is 1. The third kappa shape index (κ3) is 2.03. The van der Waals surface area contributed by atoms with Gasteiger partial charge < -0.3 is 9.30 Å². The van der Waals surface area contributed by atoms with Crippen molar-refractivity contribution in [2.24, 2.45) is 0 Å².